The molecule has 0 heterocycles. The Morgan fingerprint density at radius 1 is 1.00 bits per heavy atom. The zero-order valence-electron chi connectivity index (χ0n) is 15.3. The van der Waals surface area contributed by atoms with Crippen molar-refractivity contribution in [2.45, 2.75) is 19.0 Å². The Morgan fingerprint density at radius 3 is 2.45 bits per heavy atom. The number of ether oxygens (including phenoxy) is 1. The van der Waals surface area contributed by atoms with E-state index in [1.54, 1.807) is 36.4 Å². The lowest BCUT2D eigenvalue weighted by Gasteiger charge is -2.16. The number of aromatic hydroxyl groups is 1. The molecule has 0 bridgehead atoms. The van der Waals surface area contributed by atoms with Crippen LogP contribution in [0.5, 0.6) is 17.2 Å². The van der Waals surface area contributed by atoms with Gasteiger partial charge in [0.05, 0.1) is 0 Å². The molecule has 150 valence electrons. The monoisotopic (exact) mass is 399 g/mol. The van der Waals surface area contributed by atoms with Crippen LogP contribution >= 0.6 is 0 Å². The maximum atomic E-state index is 13.9. The van der Waals surface area contributed by atoms with Gasteiger partial charge in [0.15, 0.2) is 17.4 Å². The molecule has 3 rings (SSSR count). The van der Waals surface area contributed by atoms with Crippen LogP contribution < -0.4 is 10.1 Å². The Kier molecular flexibility index (Phi) is 6.41. The van der Waals surface area contributed by atoms with Crippen molar-refractivity contribution in [2.75, 3.05) is 0 Å². The van der Waals surface area contributed by atoms with Gasteiger partial charge in [0.2, 0.25) is 0 Å². The van der Waals surface area contributed by atoms with Gasteiger partial charge in [-0.2, -0.15) is 0 Å². The molecule has 3 aromatic carbocycles. The highest BCUT2D eigenvalue weighted by atomic mass is 19.1. The summed E-state index contributed by atoms with van der Waals surface area (Å²) in [6.07, 6.45) is 0.121. The molecule has 0 aromatic heterocycles. The van der Waals surface area contributed by atoms with Gasteiger partial charge in [-0.25, -0.2) is 8.78 Å². The van der Waals surface area contributed by atoms with Crippen molar-refractivity contribution in [3.8, 4) is 17.2 Å². The van der Waals surface area contributed by atoms with Crippen LogP contribution in [0.4, 0.5) is 8.78 Å². The Balaban J connectivity index is 1.68. The molecule has 29 heavy (non-hydrogen) atoms. The number of hydrogen-bond acceptors (Lipinski definition) is 4. The average molecular weight is 399 g/mol. The summed E-state index contributed by atoms with van der Waals surface area (Å²) in [4.78, 5) is 11.6. The van der Waals surface area contributed by atoms with Gasteiger partial charge >= 0.3 is 5.97 Å². The van der Waals surface area contributed by atoms with E-state index in [0.29, 0.717) is 17.1 Å². The molecule has 3 N–H and O–H groups in total. The lowest BCUT2D eigenvalue weighted by atomic mass is 10.0. The number of phenolic OH excluding ortho intramolecular Hbond substituents is 1. The summed E-state index contributed by atoms with van der Waals surface area (Å²) in [6.45, 7) is -0.184. The van der Waals surface area contributed by atoms with E-state index in [1.165, 1.54) is 0 Å². The first-order valence-corrected chi connectivity index (χ1v) is 8.88. The molecule has 0 saturated heterocycles. The Bertz CT molecular complexity index is 995. The van der Waals surface area contributed by atoms with Crippen molar-refractivity contribution < 1.29 is 28.5 Å². The fraction of sp³-hybridized carbons (Fsp3) is 0.136. The van der Waals surface area contributed by atoms with Crippen LogP contribution in [0.25, 0.3) is 0 Å². The van der Waals surface area contributed by atoms with Crippen molar-refractivity contribution in [2.24, 2.45) is 0 Å². The molecular formula is C22H19F2NO4. The molecule has 0 aliphatic carbocycles. The first-order valence-electron chi connectivity index (χ1n) is 8.88. The molecule has 0 fully saturated rings. The Labute approximate surface area is 166 Å². The van der Waals surface area contributed by atoms with Crippen LogP contribution in [-0.4, -0.2) is 22.2 Å². The first kappa shape index (κ1) is 20.3. The van der Waals surface area contributed by atoms with Gasteiger partial charge in [-0.3, -0.25) is 10.1 Å². The van der Waals surface area contributed by atoms with Gasteiger partial charge in [0, 0.05) is 12.1 Å². The van der Waals surface area contributed by atoms with Crippen molar-refractivity contribution in [1.82, 2.24) is 5.32 Å². The molecule has 0 amide bonds. The smallest absolute Gasteiger partial charge is 0.321 e. The second kappa shape index (κ2) is 9.16. The largest absolute Gasteiger partial charge is 0.503 e. The molecule has 1 unspecified atom stereocenters. The molecule has 0 saturated carbocycles. The molecule has 7 heteroatoms. The number of carboxylic acids is 1. The third-order valence-corrected chi connectivity index (χ3v) is 4.30. The predicted octanol–water partition coefficient (Wildman–Crippen LogP) is 4.25. The summed E-state index contributed by atoms with van der Waals surface area (Å²) < 4.78 is 32.8. The van der Waals surface area contributed by atoms with E-state index in [2.05, 4.69) is 5.32 Å². The third kappa shape index (κ3) is 5.30. The van der Waals surface area contributed by atoms with Crippen molar-refractivity contribution in [3.63, 3.8) is 0 Å². The molecule has 3 aromatic rings. The number of rotatable bonds is 8. The summed E-state index contributed by atoms with van der Waals surface area (Å²) in [6, 6.07) is 17.2. The van der Waals surface area contributed by atoms with E-state index in [0.717, 1.165) is 12.1 Å². The lowest BCUT2D eigenvalue weighted by molar-refractivity contribution is -0.139. The maximum Gasteiger partial charge on any atom is 0.321 e. The number of carbonyl (C=O) groups is 1. The number of halogens is 2. The van der Waals surface area contributed by atoms with E-state index < -0.39 is 29.4 Å². The summed E-state index contributed by atoms with van der Waals surface area (Å²) >= 11 is 0. The zero-order chi connectivity index (χ0) is 20.8. The van der Waals surface area contributed by atoms with Gasteiger partial charge in [-0.15, -0.1) is 0 Å². The molecule has 0 aliphatic heterocycles. The van der Waals surface area contributed by atoms with E-state index >= 15 is 0 Å². The van der Waals surface area contributed by atoms with Crippen LogP contribution in [0.3, 0.4) is 0 Å². The Hall–Kier alpha value is -3.45. The van der Waals surface area contributed by atoms with E-state index in [9.17, 15) is 23.8 Å². The molecule has 0 radical (unpaired) electrons. The summed E-state index contributed by atoms with van der Waals surface area (Å²) in [7, 11) is 0. The van der Waals surface area contributed by atoms with Crippen molar-refractivity contribution in [1.29, 1.82) is 0 Å². The number of hydrogen-bond donors (Lipinski definition) is 3. The quantitative estimate of drug-likeness (QED) is 0.528. The van der Waals surface area contributed by atoms with E-state index in [4.69, 9.17) is 4.74 Å². The highest BCUT2D eigenvalue weighted by Crippen LogP contribution is 2.24. The minimum absolute atomic E-state index is 0.0312. The number of para-hydroxylation sites is 1. The lowest BCUT2D eigenvalue weighted by Crippen LogP contribution is -2.38. The van der Waals surface area contributed by atoms with Crippen LogP contribution in [0.2, 0.25) is 0 Å². The summed E-state index contributed by atoms with van der Waals surface area (Å²) in [5.41, 5.74) is 0.678. The molecular weight excluding hydrogens is 380 g/mol. The van der Waals surface area contributed by atoms with Gasteiger partial charge < -0.3 is 14.9 Å². The van der Waals surface area contributed by atoms with Crippen LogP contribution in [-0.2, 0) is 17.8 Å². The topological polar surface area (TPSA) is 78.8 Å². The van der Waals surface area contributed by atoms with Gasteiger partial charge in [0.25, 0.3) is 0 Å². The molecule has 0 spiro atoms. The highest BCUT2D eigenvalue weighted by molar-refractivity contribution is 5.74. The second-order valence-electron chi connectivity index (χ2n) is 6.41. The summed E-state index contributed by atoms with van der Waals surface area (Å²) in [5, 5.41) is 21.6. The predicted molar refractivity (Wildman–Crippen MR) is 103 cm³/mol. The second-order valence-corrected chi connectivity index (χ2v) is 6.41. The fourth-order valence-corrected chi connectivity index (χ4v) is 2.80. The summed E-state index contributed by atoms with van der Waals surface area (Å²) in [5.74, 6) is -3.17. The van der Waals surface area contributed by atoms with Crippen LogP contribution in [0, 0.1) is 11.6 Å². The van der Waals surface area contributed by atoms with Gasteiger partial charge in [-0.1, -0.05) is 36.4 Å². The Morgan fingerprint density at radius 2 is 1.72 bits per heavy atom. The standard InChI is InChI=1S/C22H19F2NO4/c23-18-10-9-15(20(24)21(18)26)13-25-19(22(27)28)12-14-5-4-8-17(11-14)29-16-6-2-1-3-7-16/h1-11,19,25-26H,12-13H2,(H,27,28). The maximum absolute atomic E-state index is 13.9. The van der Waals surface area contributed by atoms with Gasteiger partial charge in [0.1, 0.15) is 17.5 Å². The average Bonchev–Trinajstić information content (AvgIpc) is 2.71. The fourth-order valence-electron chi connectivity index (χ4n) is 2.80. The van der Waals surface area contributed by atoms with Crippen molar-refractivity contribution in [3.05, 3.63) is 89.5 Å². The van der Waals surface area contributed by atoms with Gasteiger partial charge in [-0.05, 0) is 42.3 Å². The number of nitrogens with one attached hydrogen (secondary N) is 1. The third-order valence-electron chi connectivity index (χ3n) is 4.30. The SMILES string of the molecule is O=C(O)C(Cc1cccc(Oc2ccccc2)c1)NCc1ccc(F)c(O)c1F. The molecule has 1 atom stereocenters. The van der Waals surface area contributed by atoms with E-state index in [1.807, 2.05) is 18.2 Å². The zero-order valence-corrected chi connectivity index (χ0v) is 15.3. The number of aliphatic carboxylic acids is 1. The highest BCUT2D eigenvalue weighted by Gasteiger charge is 2.20. The van der Waals surface area contributed by atoms with Crippen LogP contribution in [0.1, 0.15) is 11.1 Å². The number of phenols is 1. The molecule has 5 nitrogen and oxygen atoms in total. The number of benzene rings is 3. The normalized spacial score (nSPS) is 11.8. The molecule has 0 aliphatic rings. The first-order chi connectivity index (χ1) is 13.9. The number of carboxylic acid groups (broad SMARTS) is 1. The minimum atomic E-state index is -1.12. The van der Waals surface area contributed by atoms with Crippen LogP contribution in [0.15, 0.2) is 66.7 Å². The minimum Gasteiger partial charge on any atom is -0.503 e. The van der Waals surface area contributed by atoms with Crippen molar-refractivity contribution >= 4 is 5.97 Å². The van der Waals surface area contributed by atoms with E-state index in [-0.39, 0.29) is 18.5 Å².